The lowest BCUT2D eigenvalue weighted by Gasteiger charge is -2.18. The van der Waals surface area contributed by atoms with Crippen LogP contribution in [0.15, 0.2) is 0 Å². The van der Waals surface area contributed by atoms with Crippen molar-refractivity contribution in [2.45, 2.75) is 154 Å². The second kappa shape index (κ2) is 27.1. The number of carbonyl (C=O) groups excluding carboxylic acids is 2. The van der Waals surface area contributed by atoms with E-state index in [1.807, 2.05) is 0 Å². The van der Waals surface area contributed by atoms with Gasteiger partial charge in [-0.2, -0.15) is 0 Å². The van der Waals surface area contributed by atoms with E-state index in [0.717, 1.165) is 38.5 Å². The zero-order valence-corrected chi connectivity index (χ0v) is 27.0. The average Bonchev–Trinajstić information content (AvgIpc) is 2.95. The average molecular weight is 624 g/mol. The summed E-state index contributed by atoms with van der Waals surface area (Å²) in [7, 11) is -4.73. The normalized spacial score (nSPS) is 14.2. The van der Waals surface area contributed by atoms with E-state index in [2.05, 4.69) is 19.2 Å². The lowest BCUT2D eigenvalue weighted by atomic mass is 10.1. The first-order valence-electron chi connectivity index (χ1n) is 16.1. The van der Waals surface area contributed by atoms with Crippen LogP contribution in [0.4, 0.5) is 0 Å². The number of unbranched alkanes of at least 4 members (excludes halogenated alkanes) is 16. The summed E-state index contributed by atoms with van der Waals surface area (Å²) in [6, 6.07) is -1.53. The van der Waals surface area contributed by atoms with Gasteiger partial charge in [-0.15, -0.1) is 0 Å². The van der Waals surface area contributed by atoms with E-state index in [4.69, 9.17) is 13.8 Å². The molecule has 0 fully saturated rings. The number of hydrogen-bond donors (Lipinski definition) is 4. The molecule has 0 aliphatic heterocycles. The van der Waals surface area contributed by atoms with Crippen LogP contribution in [-0.2, 0) is 32.7 Å². The molecular weight excluding hydrogens is 565 g/mol. The molecule has 0 bridgehead atoms. The number of hydrogen-bond acceptors (Lipinski definition) is 8. The smallest absolute Gasteiger partial charge is 0.472 e. The van der Waals surface area contributed by atoms with E-state index in [1.165, 1.54) is 64.2 Å². The molecule has 0 aliphatic carbocycles. The number of aliphatic carboxylic acids is 1. The third-order valence-electron chi connectivity index (χ3n) is 6.90. The van der Waals surface area contributed by atoms with E-state index >= 15 is 0 Å². The van der Waals surface area contributed by atoms with Gasteiger partial charge < -0.3 is 25.2 Å². The van der Waals surface area contributed by atoms with Crippen LogP contribution < -0.4 is 5.32 Å². The molecule has 3 atom stereocenters. The Hall–Kier alpha value is -1.52. The van der Waals surface area contributed by atoms with Crippen LogP contribution in [0.25, 0.3) is 0 Å². The molecule has 0 rings (SSSR count). The topological polar surface area (TPSA) is 169 Å². The predicted molar refractivity (Wildman–Crippen MR) is 162 cm³/mol. The van der Waals surface area contributed by atoms with Crippen LogP contribution in [0.5, 0.6) is 0 Å². The fourth-order valence-corrected chi connectivity index (χ4v) is 5.09. The molecule has 42 heavy (non-hydrogen) atoms. The van der Waals surface area contributed by atoms with E-state index in [-0.39, 0.29) is 12.8 Å². The number of esters is 1. The summed E-state index contributed by atoms with van der Waals surface area (Å²) < 4.78 is 26.5. The Bertz CT molecular complexity index is 752. The molecule has 248 valence electrons. The number of phosphoric ester groups is 1. The Morgan fingerprint density at radius 3 is 1.57 bits per heavy atom. The molecule has 1 amide bonds. The first-order chi connectivity index (χ1) is 20.1. The maximum absolute atomic E-state index is 12.1. The van der Waals surface area contributed by atoms with Gasteiger partial charge in [-0.05, 0) is 12.8 Å². The zero-order chi connectivity index (χ0) is 31.5. The zero-order valence-electron chi connectivity index (χ0n) is 26.1. The lowest BCUT2D eigenvalue weighted by Crippen LogP contribution is -2.43. The molecule has 0 radical (unpaired) electrons. The summed E-state index contributed by atoms with van der Waals surface area (Å²) in [6.45, 7) is 2.49. The van der Waals surface area contributed by atoms with Crippen molar-refractivity contribution in [2.24, 2.45) is 0 Å². The molecule has 0 aliphatic rings. The number of carboxylic acids is 1. The van der Waals surface area contributed by atoms with Gasteiger partial charge in [0.1, 0.15) is 12.7 Å². The molecule has 11 nitrogen and oxygen atoms in total. The number of phosphoric acid groups is 1. The van der Waals surface area contributed by atoms with Gasteiger partial charge in [-0.25, -0.2) is 9.36 Å². The molecule has 0 saturated heterocycles. The van der Waals surface area contributed by atoms with Crippen molar-refractivity contribution in [2.75, 3.05) is 19.8 Å². The Balaban J connectivity index is 4.04. The van der Waals surface area contributed by atoms with Crippen molar-refractivity contribution in [1.29, 1.82) is 0 Å². The summed E-state index contributed by atoms with van der Waals surface area (Å²) >= 11 is 0. The number of ether oxygens (including phenoxy) is 1. The fraction of sp³-hybridized carbons (Fsp3) is 0.900. The van der Waals surface area contributed by atoms with Crippen LogP contribution in [0.2, 0.25) is 0 Å². The number of amides is 1. The number of carbonyl (C=O) groups is 3. The van der Waals surface area contributed by atoms with Crippen LogP contribution in [0.3, 0.4) is 0 Å². The van der Waals surface area contributed by atoms with Gasteiger partial charge in [-0.3, -0.25) is 18.6 Å². The summed E-state index contributed by atoms with van der Waals surface area (Å²) in [5.41, 5.74) is 0. The van der Waals surface area contributed by atoms with Gasteiger partial charge in [0.25, 0.3) is 0 Å². The van der Waals surface area contributed by atoms with Gasteiger partial charge in [0, 0.05) is 12.8 Å². The number of nitrogens with one attached hydrogen (secondary N) is 1. The summed E-state index contributed by atoms with van der Waals surface area (Å²) in [5.74, 6) is -2.38. The molecule has 0 spiro atoms. The van der Waals surface area contributed by atoms with Gasteiger partial charge in [-0.1, -0.05) is 117 Å². The number of aliphatic hydroxyl groups is 1. The molecule has 3 unspecified atom stereocenters. The first kappa shape index (κ1) is 40.5. The van der Waals surface area contributed by atoms with Crippen molar-refractivity contribution in [3.8, 4) is 0 Å². The maximum Gasteiger partial charge on any atom is 0.472 e. The monoisotopic (exact) mass is 623 g/mol. The quantitative estimate of drug-likeness (QED) is 0.0397. The third-order valence-corrected chi connectivity index (χ3v) is 7.85. The molecule has 0 aromatic carbocycles. The number of carboxylic acid groups (broad SMARTS) is 1. The lowest BCUT2D eigenvalue weighted by molar-refractivity contribution is -0.147. The van der Waals surface area contributed by atoms with E-state index < -0.39 is 57.6 Å². The van der Waals surface area contributed by atoms with E-state index in [9.17, 15) is 34.1 Å². The minimum Gasteiger partial charge on any atom is -0.480 e. The van der Waals surface area contributed by atoms with Crippen molar-refractivity contribution >= 4 is 25.7 Å². The highest BCUT2D eigenvalue weighted by Gasteiger charge is 2.28. The number of rotatable bonds is 30. The maximum atomic E-state index is 12.1. The van der Waals surface area contributed by atoms with E-state index in [1.54, 1.807) is 0 Å². The van der Waals surface area contributed by atoms with Crippen LogP contribution in [0, 0.1) is 0 Å². The van der Waals surface area contributed by atoms with E-state index in [0.29, 0.717) is 12.8 Å². The largest absolute Gasteiger partial charge is 0.480 e. The molecule has 0 heterocycles. The third kappa shape index (κ3) is 26.1. The highest BCUT2D eigenvalue weighted by molar-refractivity contribution is 7.47. The minimum atomic E-state index is -4.73. The molecule has 0 aromatic rings. The Morgan fingerprint density at radius 1 is 0.667 bits per heavy atom. The number of aliphatic hydroxyl groups excluding tert-OH is 1. The summed E-state index contributed by atoms with van der Waals surface area (Å²) in [4.78, 5) is 45.3. The Morgan fingerprint density at radius 2 is 1.10 bits per heavy atom. The van der Waals surface area contributed by atoms with Gasteiger partial charge in [0.2, 0.25) is 5.91 Å². The van der Waals surface area contributed by atoms with Crippen molar-refractivity contribution in [3.05, 3.63) is 0 Å². The second-order valence-corrected chi connectivity index (χ2v) is 12.5. The summed E-state index contributed by atoms with van der Waals surface area (Å²) in [6.07, 6.45) is 18.8. The minimum absolute atomic E-state index is 0.149. The fourth-order valence-electron chi connectivity index (χ4n) is 4.31. The second-order valence-electron chi connectivity index (χ2n) is 11.0. The van der Waals surface area contributed by atoms with Gasteiger partial charge in [0.05, 0.1) is 13.2 Å². The predicted octanol–water partition coefficient (Wildman–Crippen LogP) is 6.44. The van der Waals surface area contributed by atoms with Gasteiger partial charge >= 0.3 is 19.8 Å². The van der Waals surface area contributed by atoms with Gasteiger partial charge in [0.15, 0.2) is 6.04 Å². The SMILES string of the molecule is CCCCCCCCCCCCC(=O)OCC(O)COP(=O)(O)OCC(NC(=O)CCCCCCCCCC)C(=O)O. The van der Waals surface area contributed by atoms with Crippen molar-refractivity contribution in [3.63, 3.8) is 0 Å². The standard InChI is InChI=1S/C30H58NO10P/c1-3-5-7-9-11-13-14-16-18-20-22-29(34)39-23-26(32)24-40-42(37,38)41-25-27(30(35)36)31-28(33)21-19-17-15-12-10-8-6-4-2/h26-27,32H,3-25H2,1-2H3,(H,31,33)(H,35,36)(H,37,38). The summed E-state index contributed by atoms with van der Waals surface area (Å²) in [5, 5.41) is 21.5. The first-order valence-corrected chi connectivity index (χ1v) is 17.6. The highest BCUT2D eigenvalue weighted by atomic mass is 31.2. The van der Waals surface area contributed by atoms with Crippen LogP contribution in [-0.4, -0.2) is 64.9 Å². The van der Waals surface area contributed by atoms with Crippen molar-refractivity contribution < 1.29 is 47.8 Å². The molecule has 12 heteroatoms. The Kier molecular flexibility index (Phi) is 26.1. The Labute approximate surface area is 253 Å². The van der Waals surface area contributed by atoms with Crippen LogP contribution in [0.1, 0.15) is 142 Å². The highest BCUT2D eigenvalue weighted by Crippen LogP contribution is 2.43. The molecule has 0 aromatic heterocycles. The van der Waals surface area contributed by atoms with Crippen LogP contribution >= 0.6 is 7.82 Å². The molecule has 0 saturated carbocycles. The molecular formula is C30H58NO10P. The molecule has 4 N–H and O–H groups in total. The van der Waals surface area contributed by atoms with Crippen molar-refractivity contribution in [1.82, 2.24) is 5.32 Å².